The first-order valence-electron chi connectivity index (χ1n) is 7.41. The van der Waals surface area contributed by atoms with Crippen LogP contribution in [0.3, 0.4) is 0 Å². The van der Waals surface area contributed by atoms with Crippen LogP contribution >= 0.6 is 11.6 Å². The Bertz CT molecular complexity index is 529. The van der Waals surface area contributed by atoms with Gasteiger partial charge in [0, 0.05) is 17.6 Å². The molecule has 2 amide bonds. The lowest BCUT2D eigenvalue weighted by atomic mass is 10.1. The molecule has 0 bridgehead atoms. The molecule has 0 aliphatic carbocycles. The van der Waals surface area contributed by atoms with E-state index in [0.717, 1.165) is 18.4 Å². The van der Waals surface area contributed by atoms with Gasteiger partial charge in [-0.05, 0) is 24.5 Å². The molecule has 0 radical (unpaired) electrons. The van der Waals surface area contributed by atoms with Gasteiger partial charge in [-0.2, -0.15) is 0 Å². The maximum absolute atomic E-state index is 12.4. The molecule has 0 saturated carbocycles. The second-order valence-electron chi connectivity index (χ2n) is 5.30. The molecule has 1 aliphatic heterocycles. The molecular weight excluding hydrogens is 288 g/mol. The summed E-state index contributed by atoms with van der Waals surface area (Å²) in [6.45, 7) is 4.48. The van der Waals surface area contributed by atoms with Crippen LogP contribution in [-0.2, 0) is 16.1 Å². The fourth-order valence-corrected chi connectivity index (χ4v) is 2.93. The van der Waals surface area contributed by atoms with Gasteiger partial charge in [0.1, 0.15) is 0 Å². The SMILES string of the molecule is CCC(CC)N1C(=O)CC(NCc2ccccc2Cl)C1=O. The Morgan fingerprint density at radius 1 is 1.29 bits per heavy atom. The fraction of sp³-hybridized carbons (Fsp3) is 0.500. The van der Waals surface area contributed by atoms with Gasteiger partial charge in [0.25, 0.3) is 0 Å². The molecule has 21 heavy (non-hydrogen) atoms. The van der Waals surface area contributed by atoms with Gasteiger partial charge in [-0.3, -0.25) is 14.5 Å². The highest BCUT2D eigenvalue weighted by molar-refractivity contribution is 6.31. The first kappa shape index (κ1) is 16.0. The Balaban J connectivity index is 2.01. The summed E-state index contributed by atoms with van der Waals surface area (Å²) in [5.41, 5.74) is 0.931. The highest BCUT2D eigenvalue weighted by atomic mass is 35.5. The molecule has 0 aromatic heterocycles. The van der Waals surface area contributed by atoms with Gasteiger partial charge in [0.05, 0.1) is 12.5 Å². The molecule has 1 saturated heterocycles. The highest BCUT2D eigenvalue weighted by Gasteiger charge is 2.40. The predicted octanol–water partition coefficient (Wildman–Crippen LogP) is 2.75. The molecule has 4 nitrogen and oxygen atoms in total. The minimum Gasteiger partial charge on any atom is -0.301 e. The largest absolute Gasteiger partial charge is 0.301 e. The van der Waals surface area contributed by atoms with Crippen LogP contribution in [0.5, 0.6) is 0 Å². The van der Waals surface area contributed by atoms with Gasteiger partial charge in [0.2, 0.25) is 11.8 Å². The summed E-state index contributed by atoms with van der Waals surface area (Å²) in [5, 5.41) is 3.82. The fourth-order valence-electron chi connectivity index (χ4n) is 2.72. The van der Waals surface area contributed by atoms with Crippen molar-refractivity contribution < 1.29 is 9.59 Å². The van der Waals surface area contributed by atoms with E-state index in [0.29, 0.717) is 11.6 Å². The van der Waals surface area contributed by atoms with Gasteiger partial charge in [0.15, 0.2) is 0 Å². The Labute approximate surface area is 130 Å². The number of nitrogens with zero attached hydrogens (tertiary/aromatic N) is 1. The van der Waals surface area contributed by atoms with Gasteiger partial charge in [-0.25, -0.2) is 0 Å². The zero-order valence-electron chi connectivity index (χ0n) is 12.4. The summed E-state index contributed by atoms with van der Waals surface area (Å²) in [6, 6.07) is 7.07. The second-order valence-corrected chi connectivity index (χ2v) is 5.71. The molecule has 114 valence electrons. The number of amides is 2. The average molecular weight is 309 g/mol. The summed E-state index contributed by atoms with van der Waals surface area (Å²) in [4.78, 5) is 25.9. The number of carbonyl (C=O) groups is 2. The van der Waals surface area contributed by atoms with Crippen molar-refractivity contribution >= 4 is 23.4 Å². The molecule has 5 heteroatoms. The first-order chi connectivity index (χ1) is 10.1. The molecule has 1 fully saturated rings. The lowest BCUT2D eigenvalue weighted by molar-refractivity contribution is -0.141. The van der Waals surface area contributed by atoms with Gasteiger partial charge in [-0.15, -0.1) is 0 Å². The molecule has 2 rings (SSSR count). The standard InChI is InChI=1S/C16H21ClN2O2/c1-3-12(4-2)19-15(20)9-14(16(19)21)18-10-11-7-5-6-8-13(11)17/h5-8,12,14,18H,3-4,9-10H2,1-2H3. The minimum atomic E-state index is -0.436. The summed E-state index contributed by atoms with van der Waals surface area (Å²) < 4.78 is 0. The number of nitrogens with one attached hydrogen (secondary N) is 1. The van der Waals surface area contributed by atoms with Crippen LogP contribution in [0, 0.1) is 0 Å². The van der Waals surface area contributed by atoms with E-state index in [2.05, 4.69) is 5.32 Å². The van der Waals surface area contributed by atoms with Crippen LogP contribution in [-0.4, -0.2) is 28.8 Å². The number of benzene rings is 1. The Hall–Kier alpha value is -1.39. The average Bonchev–Trinajstić information content (AvgIpc) is 2.76. The van der Waals surface area contributed by atoms with Crippen LogP contribution in [0.2, 0.25) is 5.02 Å². The number of halogens is 1. The molecular formula is C16H21ClN2O2. The molecule has 1 aliphatic rings. The number of rotatable bonds is 6. The first-order valence-corrected chi connectivity index (χ1v) is 7.78. The Morgan fingerprint density at radius 2 is 1.95 bits per heavy atom. The van der Waals surface area contributed by atoms with Crippen molar-refractivity contribution in [1.29, 1.82) is 0 Å². The monoisotopic (exact) mass is 308 g/mol. The van der Waals surface area contributed by atoms with Crippen molar-refractivity contribution in [1.82, 2.24) is 10.2 Å². The van der Waals surface area contributed by atoms with Gasteiger partial charge >= 0.3 is 0 Å². The number of imide groups is 1. The van der Waals surface area contributed by atoms with E-state index in [1.807, 2.05) is 38.1 Å². The third-order valence-corrected chi connectivity index (χ3v) is 4.36. The topological polar surface area (TPSA) is 49.4 Å². The summed E-state index contributed by atoms with van der Waals surface area (Å²) >= 11 is 6.10. The van der Waals surface area contributed by atoms with E-state index in [4.69, 9.17) is 11.6 Å². The zero-order chi connectivity index (χ0) is 15.4. The van der Waals surface area contributed by atoms with Crippen LogP contribution in [0.25, 0.3) is 0 Å². The van der Waals surface area contributed by atoms with Crippen LogP contribution in [0.15, 0.2) is 24.3 Å². The van der Waals surface area contributed by atoms with Gasteiger partial charge < -0.3 is 5.32 Å². The van der Waals surface area contributed by atoms with Crippen molar-refractivity contribution in [3.63, 3.8) is 0 Å². The number of likely N-dealkylation sites (tertiary alicyclic amines) is 1. The van der Waals surface area contributed by atoms with Crippen molar-refractivity contribution in [2.75, 3.05) is 0 Å². The van der Waals surface area contributed by atoms with Crippen molar-refractivity contribution in [3.05, 3.63) is 34.9 Å². The lowest BCUT2D eigenvalue weighted by Gasteiger charge is -2.24. The van der Waals surface area contributed by atoms with Crippen LogP contribution < -0.4 is 5.32 Å². The van der Waals surface area contributed by atoms with E-state index >= 15 is 0 Å². The van der Waals surface area contributed by atoms with E-state index in [1.165, 1.54) is 4.90 Å². The van der Waals surface area contributed by atoms with Gasteiger partial charge in [-0.1, -0.05) is 43.6 Å². The molecule has 1 atom stereocenters. The predicted molar refractivity (Wildman–Crippen MR) is 82.9 cm³/mol. The maximum atomic E-state index is 12.4. The van der Waals surface area contributed by atoms with E-state index in [-0.39, 0.29) is 24.3 Å². The van der Waals surface area contributed by atoms with E-state index in [1.54, 1.807) is 0 Å². The highest BCUT2D eigenvalue weighted by Crippen LogP contribution is 2.21. The van der Waals surface area contributed by atoms with Crippen LogP contribution in [0.1, 0.15) is 38.7 Å². The summed E-state index contributed by atoms with van der Waals surface area (Å²) in [7, 11) is 0. The van der Waals surface area contributed by atoms with Crippen molar-refractivity contribution in [2.45, 2.75) is 51.7 Å². The Morgan fingerprint density at radius 3 is 2.57 bits per heavy atom. The summed E-state index contributed by atoms with van der Waals surface area (Å²) in [5.74, 6) is -0.189. The van der Waals surface area contributed by atoms with Crippen molar-refractivity contribution in [3.8, 4) is 0 Å². The minimum absolute atomic E-state index is 0.0112. The maximum Gasteiger partial charge on any atom is 0.247 e. The van der Waals surface area contributed by atoms with Crippen LogP contribution in [0.4, 0.5) is 0 Å². The zero-order valence-corrected chi connectivity index (χ0v) is 13.2. The smallest absolute Gasteiger partial charge is 0.247 e. The molecule has 1 unspecified atom stereocenters. The quantitative estimate of drug-likeness (QED) is 0.822. The molecule has 1 heterocycles. The molecule has 0 spiro atoms. The molecule has 1 aromatic carbocycles. The summed E-state index contributed by atoms with van der Waals surface area (Å²) in [6.07, 6.45) is 1.83. The second kappa shape index (κ2) is 7.05. The number of hydrogen-bond acceptors (Lipinski definition) is 3. The number of hydrogen-bond donors (Lipinski definition) is 1. The third-order valence-electron chi connectivity index (χ3n) is 3.99. The third kappa shape index (κ3) is 3.44. The lowest BCUT2D eigenvalue weighted by Crippen LogP contribution is -2.43. The van der Waals surface area contributed by atoms with Crippen molar-refractivity contribution in [2.24, 2.45) is 0 Å². The number of carbonyl (C=O) groups excluding carboxylic acids is 2. The van der Waals surface area contributed by atoms with E-state index < -0.39 is 6.04 Å². The van der Waals surface area contributed by atoms with E-state index in [9.17, 15) is 9.59 Å². The Kier molecular flexibility index (Phi) is 5.37. The molecule has 1 aromatic rings. The normalized spacial score (nSPS) is 18.9. The molecule has 1 N–H and O–H groups in total.